The molecular weight excluding hydrogens is 393 g/mol. The second-order valence-corrected chi connectivity index (χ2v) is 8.37. The van der Waals surface area contributed by atoms with Crippen molar-refractivity contribution in [1.82, 2.24) is 15.6 Å². The van der Waals surface area contributed by atoms with Crippen LogP contribution in [0.1, 0.15) is 46.9 Å². The van der Waals surface area contributed by atoms with Gasteiger partial charge in [-0.15, -0.1) is 0 Å². The average Bonchev–Trinajstić information content (AvgIpc) is 3.20. The molecular formula is C22H23ClFN3O2. The summed E-state index contributed by atoms with van der Waals surface area (Å²) in [6, 6.07) is 8.28. The van der Waals surface area contributed by atoms with Gasteiger partial charge in [-0.2, -0.15) is 0 Å². The van der Waals surface area contributed by atoms with Gasteiger partial charge in [0.15, 0.2) is 0 Å². The molecule has 1 heterocycles. The van der Waals surface area contributed by atoms with Crippen LogP contribution >= 0.6 is 11.6 Å². The van der Waals surface area contributed by atoms with E-state index in [0.29, 0.717) is 28.3 Å². The molecule has 0 radical (unpaired) electrons. The predicted molar refractivity (Wildman–Crippen MR) is 108 cm³/mol. The van der Waals surface area contributed by atoms with Crippen LogP contribution in [-0.2, 0) is 0 Å². The zero-order valence-electron chi connectivity index (χ0n) is 16.1. The highest BCUT2D eigenvalue weighted by molar-refractivity contribution is 6.30. The monoisotopic (exact) mass is 415 g/mol. The van der Waals surface area contributed by atoms with Crippen molar-refractivity contribution < 1.29 is 14.0 Å². The third kappa shape index (κ3) is 4.27. The molecule has 29 heavy (non-hydrogen) atoms. The number of rotatable bonds is 6. The van der Waals surface area contributed by atoms with Crippen molar-refractivity contribution >= 4 is 23.4 Å². The Labute approximate surface area is 174 Å². The maximum Gasteiger partial charge on any atom is 0.253 e. The van der Waals surface area contributed by atoms with Gasteiger partial charge in [0.05, 0.1) is 11.8 Å². The SMILES string of the molecule is CCC(NC(=O)c1ccc(Cl)cc1)C1[C@H]2CC(NC(=O)c3cncc(F)c3)C[C@@H]12. The van der Waals surface area contributed by atoms with Crippen LogP contribution in [0.15, 0.2) is 42.7 Å². The summed E-state index contributed by atoms with van der Waals surface area (Å²) in [7, 11) is 0. The van der Waals surface area contributed by atoms with Crippen LogP contribution in [0.25, 0.3) is 0 Å². The molecule has 0 saturated heterocycles. The molecule has 0 spiro atoms. The number of hydrogen-bond acceptors (Lipinski definition) is 3. The largest absolute Gasteiger partial charge is 0.349 e. The van der Waals surface area contributed by atoms with E-state index in [0.717, 1.165) is 25.5 Å². The Morgan fingerprint density at radius 1 is 1.14 bits per heavy atom. The van der Waals surface area contributed by atoms with Crippen LogP contribution in [0.3, 0.4) is 0 Å². The van der Waals surface area contributed by atoms with E-state index in [2.05, 4.69) is 22.5 Å². The number of amides is 2. The third-order valence-electron chi connectivity index (χ3n) is 6.14. The van der Waals surface area contributed by atoms with Gasteiger partial charge in [-0.05, 0) is 67.3 Å². The van der Waals surface area contributed by atoms with Crippen molar-refractivity contribution in [3.63, 3.8) is 0 Å². The van der Waals surface area contributed by atoms with Gasteiger partial charge in [-0.25, -0.2) is 4.39 Å². The number of carbonyl (C=O) groups excluding carboxylic acids is 2. The highest BCUT2D eigenvalue weighted by Gasteiger charge is 2.58. The molecule has 0 bridgehead atoms. The fourth-order valence-corrected chi connectivity index (χ4v) is 4.86. The number of fused-ring (bicyclic) bond motifs is 1. The first kappa shape index (κ1) is 19.8. The van der Waals surface area contributed by atoms with E-state index in [4.69, 9.17) is 11.6 Å². The average molecular weight is 416 g/mol. The summed E-state index contributed by atoms with van der Waals surface area (Å²) in [6.45, 7) is 2.08. The maximum atomic E-state index is 13.3. The molecule has 5 nitrogen and oxygen atoms in total. The number of hydrogen-bond donors (Lipinski definition) is 2. The molecule has 2 fully saturated rings. The van der Waals surface area contributed by atoms with Crippen LogP contribution < -0.4 is 10.6 Å². The number of nitrogens with one attached hydrogen (secondary N) is 2. The van der Waals surface area contributed by atoms with Crippen LogP contribution in [-0.4, -0.2) is 28.9 Å². The Kier molecular flexibility index (Phi) is 5.54. The van der Waals surface area contributed by atoms with Crippen molar-refractivity contribution in [2.24, 2.45) is 17.8 Å². The first-order valence-corrected chi connectivity index (χ1v) is 10.3. The molecule has 0 aliphatic heterocycles. The van der Waals surface area contributed by atoms with Crippen molar-refractivity contribution in [3.8, 4) is 0 Å². The van der Waals surface area contributed by atoms with Crippen molar-refractivity contribution in [1.29, 1.82) is 0 Å². The molecule has 2 saturated carbocycles. The lowest BCUT2D eigenvalue weighted by Gasteiger charge is -2.22. The van der Waals surface area contributed by atoms with Crippen molar-refractivity contribution in [2.75, 3.05) is 0 Å². The fraction of sp³-hybridized carbons (Fsp3) is 0.409. The Morgan fingerprint density at radius 2 is 1.83 bits per heavy atom. The first-order valence-electron chi connectivity index (χ1n) is 9.94. The lowest BCUT2D eigenvalue weighted by atomic mass is 9.99. The molecule has 1 aromatic heterocycles. The highest BCUT2D eigenvalue weighted by Crippen LogP contribution is 2.59. The van der Waals surface area contributed by atoms with Gasteiger partial charge < -0.3 is 10.6 Å². The van der Waals surface area contributed by atoms with Gasteiger partial charge in [0.1, 0.15) is 5.82 Å². The normalized spacial score (nSPS) is 25.8. The van der Waals surface area contributed by atoms with E-state index in [-0.39, 0.29) is 29.5 Å². The third-order valence-corrected chi connectivity index (χ3v) is 6.39. The van der Waals surface area contributed by atoms with Crippen molar-refractivity contribution in [2.45, 2.75) is 38.3 Å². The molecule has 152 valence electrons. The van der Waals surface area contributed by atoms with Crippen LogP contribution in [0, 0.1) is 23.6 Å². The lowest BCUT2D eigenvalue weighted by molar-refractivity contribution is 0.0927. The molecule has 2 aliphatic carbocycles. The van der Waals surface area contributed by atoms with E-state index >= 15 is 0 Å². The smallest absolute Gasteiger partial charge is 0.253 e. The summed E-state index contributed by atoms with van der Waals surface area (Å²) in [6.07, 6.45) is 5.09. The molecule has 3 unspecified atom stereocenters. The van der Waals surface area contributed by atoms with Crippen LogP contribution in [0.2, 0.25) is 5.02 Å². The highest BCUT2D eigenvalue weighted by atomic mass is 35.5. The molecule has 2 N–H and O–H groups in total. The Balaban J connectivity index is 1.30. The van der Waals surface area contributed by atoms with E-state index < -0.39 is 5.82 Å². The van der Waals surface area contributed by atoms with Gasteiger partial charge in [0.2, 0.25) is 0 Å². The van der Waals surface area contributed by atoms with E-state index in [1.54, 1.807) is 24.3 Å². The van der Waals surface area contributed by atoms with E-state index in [1.165, 1.54) is 12.3 Å². The molecule has 1 aromatic carbocycles. The topological polar surface area (TPSA) is 71.1 Å². The van der Waals surface area contributed by atoms with E-state index in [1.807, 2.05) is 0 Å². The fourth-order valence-electron chi connectivity index (χ4n) is 4.73. The first-order chi connectivity index (χ1) is 14.0. The predicted octanol–water partition coefficient (Wildman–Crippen LogP) is 3.84. The second-order valence-electron chi connectivity index (χ2n) is 7.93. The molecule has 7 heteroatoms. The number of halogens is 2. The van der Waals surface area contributed by atoms with Gasteiger partial charge in [-0.1, -0.05) is 18.5 Å². The summed E-state index contributed by atoms with van der Waals surface area (Å²) < 4.78 is 13.3. The number of carbonyl (C=O) groups is 2. The zero-order valence-corrected chi connectivity index (χ0v) is 16.8. The van der Waals surface area contributed by atoms with Gasteiger partial charge in [0.25, 0.3) is 11.8 Å². The summed E-state index contributed by atoms with van der Waals surface area (Å²) >= 11 is 5.89. The minimum absolute atomic E-state index is 0.0815. The minimum atomic E-state index is -0.519. The number of pyridine rings is 1. The second kappa shape index (κ2) is 8.11. The number of aromatic nitrogens is 1. The molecule has 4 rings (SSSR count). The maximum absolute atomic E-state index is 13.3. The molecule has 5 atom stereocenters. The Hall–Kier alpha value is -2.47. The summed E-state index contributed by atoms with van der Waals surface area (Å²) in [4.78, 5) is 28.5. The standard InChI is InChI=1S/C22H23ClFN3O2/c1-2-19(27-21(28)12-3-5-14(23)6-4-12)20-17-8-16(9-18(17)20)26-22(29)13-7-15(24)11-25-10-13/h3-7,10-11,16-20H,2,8-9H2,1H3,(H,26,29)(H,27,28)/t16?,17-,18+,19?,20?. The zero-order chi connectivity index (χ0) is 20.5. The van der Waals surface area contributed by atoms with Gasteiger partial charge >= 0.3 is 0 Å². The summed E-state index contributed by atoms with van der Waals surface area (Å²) in [5.41, 5.74) is 0.844. The number of benzene rings is 1. The lowest BCUT2D eigenvalue weighted by Crippen LogP contribution is -2.39. The van der Waals surface area contributed by atoms with Gasteiger partial charge in [0, 0.05) is 28.9 Å². The molecule has 2 amide bonds. The summed E-state index contributed by atoms with van der Waals surface area (Å²) in [5.74, 6) is 0.558. The summed E-state index contributed by atoms with van der Waals surface area (Å²) in [5, 5.41) is 6.75. The number of nitrogens with zero attached hydrogens (tertiary/aromatic N) is 1. The Morgan fingerprint density at radius 3 is 2.45 bits per heavy atom. The van der Waals surface area contributed by atoms with Crippen LogP contribution in [0.5, 0.6) is 0 Å². The molecule has 2 aliphatic rings. The van der Waals surface area contributed by atoms with E-state index in [9.17, 15) is 14.0 Å². The Bertz CT molecular complexity index is 909. The van der Waals surface area contributed by atoms with Crippen molar-refractivity contribution in [3.05, 3.63) is 64.7 Å². The van der Waals surface area contributed by atoms with Crippen LogP contribution in [0.4, 0.5) is 4.39 Å². The molecule has 2 aromatic rings. The van der Waals surface area contributed by atoms with Gasteiger partial charge in [-0.3, -0.25) is 14.6 Å². The quantitative estimate of drug-likeness (QED) is 0.753. The minimum Gasteiger partial charge on any atom is -0.349 e.